The molecule has 0 unspecified atom stereocenters. The highest BCUT2D eigenvalue weighted by Gasteiger charge is 2.41. The lowest BCUT2D eigenvalue weighted by Crippen LogP contribution is -2.19. The number of aromatic nitrogens is 2. The van der Waals surface area contributed by atoms with Crippen LogP contribution in [0.1, 0.15) is 25.7 Å². The van der Waals surface area contributed by atoms with Crippen LogP contribution in [0.5, 0.6) is 0 Å². The molecule has 3 rings (SSSR count). The molecule has 0 aliphatic heterocycles. The Morgan fingerprint density at radius 1 is 1.29 bits per heavy atom. The largest absolute Gasteiger partial charge is 0.382 e. The Labute approximate surface area is 106 Å². The quantitative estimate of drug-likeness (QED) is 0.845. The van der Waals surface area contributed by atoms with E-state index in [4.69, 9.17) is 17.3 Å². The van der Waals surface area contributed by atoms with Crippen LogP contribution in [0.4, 0.5) is 11.6 Å². The van der Waals surface area contributed by atoms with E-state index in [1.807, 2.05) is 0 Å². The number of halogens is 1. The van der Waals surface area contributed by atoms with Crippen molar-refractivity contribution in [3.05, 3.63) is 11.3 Å². The van der Waals surface area contributed by atoms with Crippen molar-refractivity contribution in [2.75, 3.05) is 17.6 Å². The Hall–Kier alpha value is -1.03. The van der Waals surface area contributed by atoms with Crippen molar-refractivity contribution < 1.29 is 0 Å². The Morgan fingerprint density at radius 2 is 1.94 bits per heavy atom. The van der Waals surface area contributed by atoms with Crippen LogP contribution in [0.2, 0.25) is 5.02 Å². The van der Waals surface area contributed by atoms with Gasteiger partial charge in [-0.05, 0) is 43.4 Å². The SMILES string of the molecule is Nc1ncnc(NCC(C2CC2)C2CC2)c1Cl. The second kappa shape index (κ2) is 4.33. The maximum absolute atomic E-state index is 6.05. The van der Waals surface area contributed by atoms with Gasteiger partial charge in [0, 0.05) is 6.54 Å². The van der Waals surface area contributed by atoms with Gasteiger partial charge in [0.15, 0.2) is 0 Å². The van der Waals surface area contributed by atoms with Gasteiger partial charge in [0.05, 0.1) is 0 Å². The predicted molar refractivity (Wildman–Crippen MR) is 68.9 cm³/mol. The van der Waals surface area contributed by atoms with Gasteiger partial charge in [-0.3, -0.25) is 0 Å². The minimum Gasteiger partial charge on any atom is -0.382 e. The molecule has 1 heterocycles. The van der Waals surface area contributed by atoms with Gasteiger partial charge < -0.3 is 11.1 Å². The summed E-state index contributed by atoms with van der Waals surface area (Å²) < 4.78 is 0. The summed E-state index contributed by atoms with van der Waals surface area (Å²) in [7, 11) is 0. The van der Waals surface area contributed by atoms with Crippen molar-refractivity contribution in [2.24, 2.45) is 17.8 Å². The van der Waals surface area contributed by atoms with E-state index in [9.17, 15) is 0 Å². The smallest absolute Gasteiger partial charge is 0.150 e. The van der Waals surface area contributed by atoms with Crippen molar-refractivity contribution >= 4 is 23.2 Å². The Kier molecular flexibility index (Phi) is 2.82. The van der Waals surface area contributed by atoms with Crippen LogP contribution < -0.4 is 11.1 Å². The molecule has 2 saturated carbocycles. The zero-order valence-electron chi connectivity index (χ0n) is 9.69. The van der Waals surface area contributed by atoms with Gasteiger partial charge in [0.25, 0.3) is 0 Å². The topological polar surface area (TPSA) is 63.8 Å². The normalized spacial score (nSPS) is 19.6. The second-order valence-corrected chi connectivity index (χ2v) is 5.52. The Morgan fingerprint density at radius 3 is 2.53 bits per heavy atom. The van der Waals surface area contributed by atoms with Crippen molar-refractivity contribution in [3.8, 4) is 0 Å². The molecule has 0 atom stereocenters. The summed E-state index contributed by atoms with van der Waals surface area (Å²) in [6.45, 7) is 0.964. The summed E-state index contributed by atoms with van der Waals surface area (Å²) in [5.74, 6) is 3.66. The molecular weight excluding hydrogens is 236 g/mol. The Balaban J connectivity index is 1.64. The fourth-order valence-electron chi connectivity index (χ4n) is 2.49. The molecule has 5 heteroatoms. The number of nitrogens with two attached hydrogens (primary N) is 1. The first-order valence-electron chi connectivity index (χ1n) is 6.25. The van der Waals surface area contributed by atoms with Crippen molar-refractivity contribution in [3.63, 3.8) is 0 Å². The summed E-state index contributed by atoms with van der Waals surface area (Å²) in [6, 6.07) is 0. The summed E-state index contributed by atoms with van der Waals surface area (Å²) >= 11 is 6.05. The number of anilines is 2. The number of nitrogens with zero attached hydrogens (tertiary/aromatic N) is 2. The highest BCUT2D eigenvalue weighted by molar-refractivity contribution is 6.35. The number of nitrogen functional groups attached to an aromatic ring is 1. The fraction of sp³-hybridized carbons (Fsp3) is 0.667. The van der Waals surface area contributed by atoms with Gasteiger partial charge in [-0.15, -0.1) is 0 Å². The van der Waals surface area contributed by atoms with Crippen molar-refractivity contribution in [1.29, 1.82) is 0 Å². The molecule has 0 bridgehead atoms. The molecular formula is C12H17ClN4. The molecule has 1 aromatic rings. The van der Waals surface area contributed by atoms with Crippen LogP contribution >= 0.6 is 11.6 Å². The number of nitrogens with one attached hydrogen (secondary N) is 1. The second-order valence-electron chi connectivity index (χ2n) is 5.14. The zero-order chi connectivity index (χ0) is 11.8. The van der Waals surface area contributed by atoms with Gasteiger partial charge in [-0.2, -0.15) is 0 Å². The zero-order valence-corrected chi connectivity index (χ0v) is 10.5. The third kappa shape index (κ3) is 2.46. The standard InChI is InChI=1S/C12H17ClN4/c13-10-11(14)16-6-17-12(10)15-5-9(7-1-2-7)8-3-4-8/h6-9H,1-5H2,(H3,14,15,16,17). The molecule has 2 aliphatic carbocycles. The molecule has 3 N–H and O–H groups in total. The Bertz CT molecular complexity index is 403. The molecule has 1 aromatic heterocycles. The first kappa shape index (κ1) is 11.1. The fourth-order valence-corrected chi connectivity index (χ4v) is 2.65. The lowest BCUT2D eigenvalue weighted by Gasteiger charge is -2.17. The molecule has 2 fully saturated rings. The predicted octanol–water partition coefficient (Wildman–Crippen LogP) is 2.56. The highest BCUT2D eigenvalue weighted by atomic mass is 35.5. The van der Waals surface area contributed by atoms with Gasteiger partial charge in [-0.1, -0.05) is 11.6 Å². The van der Waals surface area contributed by atoms with Crippen LogP contribution in [0, 0.1) is 17.8 Å². The van der Waals surface area contributed by atoms with Crippen LogP contribution in [0.15, 0.2) is 6.33 Å². The van der Waals surface area contributed by atoms with E-state index in [0.29, 0.717) is 16.7 Å². The average Bonchev–Trinajstić information content (AvgIpc) is 3.14. The summed E-state index contributed by atoms with van der Waals surface area (Å²) in [6.07, 6.45) is 7.02. The summed E-state index contributed by atoms with van der Waals surface area (Å²) in [5, 5.41) is 3.78. The van der Waals surface area contributed by atoms with Crippen molar-refractivity contribution in [2.45, 2.75) is 25.7 Å². The first-order valence-corrected chi connectivity index (χ1v) is 6.63. The minimum atomic E-state index is 0.346. The molecule has 0 saturated heterocycles. The number of hydrogen-bond acceptors (Lipinski definition) is 4. The van der Waals surface area contributed by atoms with E-state index < -0.39 is 0 Å². The van der Waals surface area contributed by atoms with Gasteiger partial charge in [0.2, 0.25) is 0 Å². The molecule has 0 aromatic carbocycles. The minimum absolute atomic E-state index is 0.346. The maximum Gasteiger partial charge on any atom is 0.150 e. The van der Waals surface area contributed by atoms with Crippen LogP contribution in [-0.4, -0.2) is 16.5 Å². The van der Waals surface area contributed by atoms with E-state index >= 15 is 0 Å². The molecule has 0 amide bonds. The number of rotatable bonds is 5. The van der Waals surface area contributed by atoms with Gasteiger partial charge >= 0.3 is 0 Å². The lowest BCUT2D eigenvalue weighted by molar-refractivity contribution is 0.427. The molecule has 92 valence electrons. The molecule has 0 radical (unpaired) electrons. The van der Waals surface area contributed by atoms with E-state index in [-0.39, 0.29) is 0 Å². The summed E-state index contributed by atoms with van der Waals surface area (Å²) in [4.78, 5) is 7.99. The van der Waals surface area contributed by atoms with Gasteiger partial charge in [-0.25, -0.2) is 9.97 Å². The third-order valence-corrected chi connectivity index (χ3v) is 4.15. The molecule has 2 aliphatic rings. The van der Waals surface area contributed by atoms with Crippen LogP contribution in [-0.2, 0) is 0 Å². The maximum atomic E-state index is 6.05. The van der Waals surface area contributed by atoms with Crippen molar-refractivity contribution in [1.82, 2.24) is 9.97 Å². The average molecular weight is 253 g/mol. The summed E-state index contributed by atoms with van der Waals surface area (Å²) in [5.41, 5.74) is 5.65. The third-order valence-electron chi connectivity index (χ3n) is 3.78. The van der Waals surface area contributed by atoms with E-state index in [1.54, 1.807) is 0 Å². The van der Waals surface area contributed by atoms with Crippen LogP contribution in [0.3, 0.4) is 0 Å². The first-order chi connectivity index (χ1) is 8.25. The lowest BCUT2D eigenvalue weighted by atomic mass is 9.98. The van der Waals surface area contributed by atoms with Gasteiger partial charge in [0.1, 0.15) is 23.0 Å². The van der Waals surface area contributed by atoms with Crippen LogP contribution in [0.25, 0.3) is 0 Å². The van der Waals surface area contributed by atoms with E-state index in [0.717, 1.165) is 24.3 Å². The monoisotopic (exact) mass is 252 g/mol. The molecule has 17 heavy (non-hydrogen) atoms. The molecule has 0 spiro atoms. The highest BCUT2D eigenvalue weighted by Crippen LogP contribution is 2.49. The molecule has 4 nitrogen and oxygen atoms in total. The van der Waals surface area contributed by atoms with E-state index in [1.165, 1.54) is 32.0 Å². The number of hydrogen-bond donors (Lipinski definition) is 2. The van der Waals surface area contributed by atoms with E-state index in [2.05, 4.69) is 15.3 Å².